The summed E-state index contributed by atoms with van der Waals surface area (Å²) in [7, 11) is 1.28. The van der Waals surface area contributed by atoms with Crippen LogP contribution in [0.3, 0.4) is 0 Å². The summed E-state index contributed by atoms with van der Waals surface area (Å²) in [5, 5.41) is 2.67. The fraction of sp³-hybridized carbons (Fsp3) is 0.368. The van der Waals surface area contributed by atoms with Crippen molar-refractivity contribution in [2.75, 3.05) is 19.0 Å². The van der Waals surface area contributed by atoms with Gasteiger partial charge in [0.1, 0.15) is 6.54 Å². The summed E-state index contributed by atoms with van der Waals surface area (Å²) >= 11 is 0. The summed E-state index contributed by atoms with van der Waals surface area (Å²) in [6, 6.07) is 4.80. The molecule has 0 unspecified atom stereocenters. The average molecular weight is 356 g/mol. The number of benzene rings is 1. The first-order valence-corrected chi connectivity index (χ1v) is 8.41. The van der Waals surface area contributed by atoms with Gasteiger partial charge in [0.25, 0.3) is 0 Å². The van der Waals surface area contributed by atoms with Crippen molar-refractivity contribution in [1.82, 2.24) is 4.90 Å². The number of ether oxygens (including phenoxy) is 1. The summed E-state index contributed by atoms with van der Waals surface area (Å²) in [4.78, 5) is 49.9. The minimum absolute atomic E-state index is 0.292. The molecule has 1 N–H and O–H groups in total. The van der Waals surface area contributed by atoms with Gasteiger partial charge in [-0.2, -0.15) is 0 Å². The zero-order chi connectivity index (χ0) is 18.8. The highest BCUT2D eigenvalue weighted by Crippen LogP contribution is 2.34. The molecule has 0 saturated carbocycles. The second-order valence-electron chi connectivity index (χ2n) is 6.49. The van der Waals surface area contributed by atoms with Crippen LogP contribution in [0.1, 0.15) is 28.8 Å². The van der Waals surface area contributed by atoms with Gasteiger partial charge >= 0.3 is 5.97 Å². The van der Waals surface area contributed by atoms with E-state index in [-0.39, 0.29) is 30.2 Å². The van der Waals surface area contributed by atoms with E-state index in [1.807, 2.05) is 12.2 Å². The molecule has 136 valence electrons. The lowest BCUT2D eigenvalue weighted by Gasteiger charge is -2.15. The third kappa shape index (κ3) is 3.24. The van der Waals surface area contributed by atoms with Crippen LogP contribution in [0.15, 0.2) is 30.4 Å². The first-order chi connectivity index (χ1) is 12.4. The van der Waals surface area contributed by atoms with Crippen molar-refractivity contribution in [2.45, 2.75) is 19.8 Å². The first-order valence-electron chi connectivity index (χ1n) is 8.41. The highest BCUT2D eigenvalue weighted by molar-refractivity contribution is 6.09. The van der Waals surface area contributed by atoms with E-state index in [1.165, 1.54) is 13.2 Å². The van der Waals surface area contributed by atoms with Gasteiger partial charge in [0.2, 0.25) is 17.7 Å². The van der Waals surface area contributed by atoms with E-state index in [9.17, 15) is 19.2 Å². The Balaban J connectivity index is 1.71. The standard InChI is InChI=1S/C19H20N2O5/c1-11-7-8-12(19(25)26-2)9-15(11)20-16(22)10-21-17(23)13-5-3-4-6-14(13)18(21)24/h3-4,7-9,13-14H,5-6,10H2,1-2H3,(H,20,22)/t13-,14-/m1/s1. The predicted molar refractivity (Wildman–Crippen MR) is 93.2 cm³/mol. The number of aryl methyl sites for hydroxylation is 1. The van der Waals surface area contributed by atoms with Gasteiger partial charge in [-0.15, -0.1) is 0 Å². The number of anilines is 1. The minimum Gasteiger partial charge on any atom is -0.465 e. The molecule has 7 heteroatoms. The fourth-order valence-electron chi connectivity index (χ4n) is 3.36. The van der Waals surface area contributed by atoms with Crippen molar-refractivity contribution in [3.8, 4) is 0 Å². The molecule has 1 heterocycles. The van der Waals surface area contributed by atoms with Crippen LogP contribution in [0.2, 0.25) is 0 Å². The SMILES string of the molecule is COC(=O)c1ccc(C)c(NC(=O)CN2C(=O)[C@@H]3CC=CC[C@H]3C2=O)c1. The molecule has 1 aliphatic carbocycles. The summed E-state index contributed by atoms with van der Waals surface area (Å²) < 4.78 is 4.67. The molecule has 0 bridgehead atoms. The van der Waals surface area contributed by atoms with Crippen LogP contribution in [0.25, 0.3) is 0 Å². The van der Waals surface area contributed by atoms with Gasteiger partial charge in [-0.3, -0.25) is 19.3 Å². The van der Waals surface area contributed by atoms with Gasteiger partial charge in [-0.1, -0.05) is 18.2 Å². The second kappa shape index (κ2) is 7.11. The first kappa shape index (κ1) is 17.8. The van der Waals surface area contributed by atoms with E-state index in [0.717, 1.165) is 10.5 Å². The third-order valence-electron chi connectivity index (χ3n) is 4.83. The fourth-order valence-corrected chi connectivity index (χ4v) is 3.36. The van der Waals surface area contributed by atoms with Gasteiger partial charge in [-0.25, -0.2) is 4.79 Å². The van der Waals surface area contributed by atoms with Crippen LogP contribution < -0.4 is 5.32 Å². The lowest BCUT2D eigenvalue weighted by atomic mass is 9.85. The number of allylic oxidation sites excluding steroid dienone is 2. The highest BCUT2D eigenvalue weighted by Gasteiger charge is 2.47. The monoisotopic (exact) mass is 356 g/mol. The highest BCUT2D eigenvalue weighted by atomic mass is 16.5. The number of esters is 1. The number of fused-ring (bicyclic) bond motifs is 1. The van der Waals surface area contributed by atoms with Crippen molar-refractivity contribution in [3.05, 3.63) is 41.5 Å². The van der Waals surface area contributed by atoms with Gasteiger partial charge in [0.15, 0.2) is 0 Å². The Kier molecular flexibility index (Phi) is 4.88. The number of amides is 3. The van der Waals surface area contributed by atoms with Crippen LogP contribution in [-0.2, 0) is 19.1 Å². The van der Waals surface area contributed by atoms with Gasteiger partial charge in [-0.05, 0) is 37.5 Å². The van der Waals surface area contributed by atoms with Crippen LogP contribution in [0, 0.1) is 18.8 Å². The number of nitrogens with zero attached hydrogens (tertiary/aromatic N) is 1. The molecule has 0 spiro atoms. The van der Waals surface area contributed by atoms with E-state index in [2.05, 4.69) is 10.1 Å². The molecule has 26 heavy (non-hydrogen) atoms. The van der Waals surface area contributed by atoms with E-state index in [0.29, 0.717) is 24.1 Å². The smallest absolute Gasteiger partial charge is 0.337 e. The minimum atomic E-state index is -0.512. The Bertz CT molecular complexity index is 788. The molecule has 1 aromatic carbocycles. The molecule has 3 rings (SSSR count). The number of carbonyl (C=O) groups is 4. The number of hydrogen-bond donors (Lipinski definition) is 1. The van der Waals surface area contributed by atoms with Crippen molar-refractivity contribution in [1.29, 1.82) is 0 Å². The van der Waals surface area contributed by atoms with Crippen molar-refractivity contribution < 1.29 is 23.9 Å². The summed E-state index contributed by atoms with van der Waals surface area (Å²) in [5.41, 5.74) is 1.50. The molecule has 2 atom stereocenters. The van der Waals surface area contributed by atoms with Gasteiger partial charge in [0.05, 0.1) is 24.5 Å². The number of likely N-dealkylation sites (tertiary alicyclic amines) is 1. The maximum atomic E-state index is 12.4. The van der Waals surface area contributed by atoms with E-state index in [1.54, 1.807) is 19.1 Å². The lowest BCUT2D eigenvalue weighted by Crippen LogP contribution is -2.38. The molecule has 0 radical (unpaired) electrons. The third-order valence-corrected chi connectivity index (χ3v) is 4.83. The average Bonchev–Trinajstić information content (AvgIpc) is 2.88. The lowest BCUT2D eigenvalue weighted by molar-refractivity contribution is -0.142. The Hall–Kier alpha value is -2.96. The topological polar surface area (TPSA) is 92.8 Å². The molecule has 0 aromatic heterocycles. The summed E-state index contributed by atoms with van der Waals surface area (Å²) in [5.74, 6) is -2.29. The normalized spacial score (nSPS) is 21.5. The molecule has 1 saturated heterocycles. The predicted octanol–water partition coefficient (Wildman–Crippen LogP) is 1.67. The van der Waals surface area contributed by atoms with Crippen LogP contribution in [0.5, 0.6) is 0 Å². The number of carbonyl (C=O) groups excluding carboxylic acids is 4. The van der Waals surface area contributed by atoms with Crippen molar-refractivity contribution >= 4 is 29.4 Å². The largest absolute Gasteiger partial charge is 0.465 e. The number of rotatable bonds is 4. The Morgan fingerprint density at radius 3 is 2.35 bits per heavy atom. The van der Waals surface area contributed by atoms with E-state index >= 15 is 0 Å². The molecule has 1 aromatic rings. The Labute approximate surface area is 151 Å². The molecule has 2 aliphatic rings. The van der Waals surface area contributed by atoms with Crippen LogP contribution >= 0.6 is 0 Å². The number of imide groups is 1. The summed E-state index contributed by atoms with van der Waals surface area (Å²) in [6.45, 7) is 1.45. The van der Waals surface area contributed by atoms with Gasteiger partial charge < -0.3 is 10.1 Å². The zero-order valence-electron chi connectivity index (χ0n) is 14.7. The molecule has 1 fully saturated rings. The Morgan fingerprint density at radius 1 is 1.15 bits per heavy atom. The maximum absolute atomic E-state index is 12.4. The van der Waals surface area contributed by atoms with Crippen LogP contribution in [-0.4, -0.2) is 42.2 Å². The number of hydrogen-bond acceptors (Lipinski definition) is 5. The number of nitrogens with one attached hydrogen (secondary N) is 1. The molecule has 3 amide bonds. The second-order valence-corrected chi connectivity index (χ2v) is 6.49. The summed E-state index contributed by atoms with van der Waals surface area (Å²) in [6.07, 6.45) is 4.87. The van der Waals surface area contributed by atoms with Crippen LogP contribution in [0.4, 0.5) is 5.69 Å². The maximum Gasteiger partial charge on any atom is 0.337 e. The van der Waals surface area contributed by atoms with E-state index < -0.39 is 11.9 Å². The molecular formula is C19H20N2O5. The van der Waals surface area contributed by atoms with Gasteiger partial charge in [0, 0.05) is 5.69 Å². The van der Waals surface area contributed by atoms with E-state index in [4.69, 9.17) is 0 Å². The molecular weight excluding hydrogens is 336 g/mol. The van der Waals surface area contributed by atoms with Crippen molar-refractivity contribution in [3.63, 3.8) is 0 Å². The van der Waals surface area contributed by atoms with Crippen molar-refractivity contribution in [2.24, 2.45) is 11.8 Å². The molecule has 1 aliphatic heterocycles. The quantitative estimate of drug-likeness (QED) is 0.503. The Morgan fingerprint density at radius 2 is 1.77 bits per heavy atom. The zero-order valence-corrected chi connectivity index (χ0v) is 14.7. The number of methoxy groups -OCH3 is 1. The molecule has 7 nitrogen and oxygen atoms in total.